The Morgan fingerprint density at radius 3 is 1.49 bits per heavy atom. The first-order valence-electron chi connectivity index (χ1n) is 14.7. The lowest BCUT2D eigenvalue weighted by Gasteiger charge is -2.53. The fourth-order valence-corrected chi connectivity index (χ4v) is 14.8. The maximum absolute atomic E-state index is 6.91. The molecule has 0 unspecified atom stereocenters. The molecule has 41 heavy (non-hydrogen) atoms. The number of anilines is 6. The second kappa shape index (κ2) is 6.89. The van der Waals surface area contributed by atoms with Crippen LogP contribution in [0.2, 0.25) is 26.2 Å². The maximum atomic E-state index is 6.91. The van der Waals surface area contributed by atoms with Crippen molar-refractivity contribution >= 4 is 94.1 Å². The molecule has 5 aromatic rings. The molecule has 196 valence electrons. The van der Waals surface area contributed by atoms with Gasteiger partial charge in [0.1, 0.15) is 27.6 Å². The van der Waals surface area contributed by atoms with Crippen LogP contribution in [0.1, 0.15) is 5.56 Å². The fraction of sp³-hybridized carbons (Fsp3) is 0.143. The van der Waals surface area contributed by atoms with Crippen molar-refractivity contribution in [3.63, 3.8) is 0 Å². The molecule has 5 aromatic carbocycles. The van der Waals surface area contributed by atoms with Crippen molar-refractivity contribution in [1.29, 1.82) is 0 Å². The molecular formula is C35H29BN2OSi2. The van der Waals surface area contributed by atoms with Crippen molar-refractivity contribution < 1.29 is 4.74 Å². The highest BCUT2D eigenvalue weighted by Crippen LogP contribution is 2.50. The Labute approximate surface area is 243 Å². The zero-order chi connectivity index (χ0) is 27.6. The summed E-state index contributed by atoms with van der Waals surface area (Å²) in [7, 11) is -3.89. The summed E-state index contributed by atoms with van der Waals surface area (Å²) in [5.74, 6) is 2.04. The van der Waals surface area contributed by atoms with Crippen LogP contribution in [0, 0.1) is 6.92 Å². The van der Waals surface area contributed by atoms with Gasteiger partial charge in [-0.15, -0.1) is 0 Å². The average Bonchev–Trinajstić information content (AvgIpc) is 2.96. The van der Waals surface area contributed by atoms with Gasteiger partial charge in [0.05, 0.1) is 0 Å². The Balaban J connectivity index is 1.42. The van der Waals surface area contributed by atoms with Crippen LogP contribution in [0.3, 0.4) is 0 Å². The third-order valence-electron chi connectivity index (χ3n) is 10.6. The SMILES string of the molecule is Cc1cc2c3c(c1)N1c4ccccc4[Si](C)(C)c4ccc5c(c41)B3c1c(ccc3c1N2c1ccccc1[Si]3(C)C)O5. The van der Waals surface area contributed by atoms with Gasteiger partial charge in [0.15, 0.2) is 0 Å². The average molecular weight is 561 g/mol. The molecule has 0 amide bonds. The molecule has 0 radical (unpaired) electrons. The maximum Gasteiger partial charge on any atom is 0.261 e. The third kappa shape index (κ3) is 2.39. The molecule has 0 aliphatic carbocycles. The fourth-order valence-electron chi connectivity index (χ4n) is 8.81. The van der Waals surface area contributed by atoms with Crippen molar-refractivity contribution in [3.8, 4) is 11.5 Å². The van der Waals surface area contributed by atoms with E-state index in [0.717, 1.165) is 11.5 Å². The topological polar surface area (TPSA) is 15.7 Å². The van der Waals surface area contributed by atoms with Crippen molar-refractivity contribution in [2.45, 2.75) is 33.1 Å². The van der Waals surface area contributed by atoms with Gasteiger partial charge in [0.2, 0.25) is 0 Å². The molecule has 5 aliphatic heterocycles. The van der Waals surface area contributed by atoms with Crippen LogP contribution < -0.4 is 51.7 Å². The summed E-state index contributed by atoms with van der Waals surface area (Å²) >= 11 is 0. The van der Waals surface area contributed by atoms with E-state index in [4.69, 9.17) is 4.74 Å². The van der Waals surface area contributed by atoms with E-state index in [-0.39, 0.29) is 6.71 Å². The van der Waals surface area contributed by atoms with Crippen molar-refractivity contribution in [2.75, 3.05) is 9.80 Å². The summed E-state index contributed by atoms with van der Waals surface area (Å²) in [5.41, 5.74) is 13.6. The molecule has 0 bridgehead atoms. The lowest BCUT2D eigenvalue weighted by Crippen LogP contribution is -2.71. The second-order valence-electron chi connectivity index (χ2n) is 13.5. The monoisotopic (exact) mass is 560 g/mol. The number of aryl methyl sites for hydroxylation is 1. The van der Waals surface area contributed by atoms with E-state index in [9.17, 15) is 0 Å². The first-order valence-corrected chi connectivity index (χ1v) is 20.7. The van der Waals surface area contributed by atoms with E-state index in [0.29, 0.717) is 0 Å². The summed E-state index contributed by atoms with van der Waals surface area (Å²) in [6.07, 6.45) is 0. The van der Waals surface area contributed by atoms with Crippen LogP contribution >= 0.6 is 0 Å². The minimum Gasteiger partial charge on any atom is -0.458 e. The third-order valence-corrected chi connectivity index (χ3v) is 17.7. The number of nitrogens with zero attached hydrogens (tertiary/aromatic N) is 2. The lowest BCUT2D eigenvalue weighted by molar-refractivity contribution is 0.488. The number of para-hydroxylation sites is 2. The molecule has 10 rings (SSSR count). The van der Waals surface area contributed by atoms with Gasteiger partial charge in [-0.25, -0.2) is 0 Å². The minimum absolute atomic E-state index is 0.168. The van der Waals surface area contributed by atoms with Gasteiger partial charge < -0.3 is 14.5 Å². The number of ether oxygens (including phenoxy) is 1. The van der Waals surface area contributed by atoms with Crippen LogP contribution in [0.15, 0.2) is 84.9 Å². The van der Waals surface area contributed by atoms with Crippen LogP contribution in [0.25, 0.3) is 0 Å². The molecule has 0 aromatic heterocycles. The largest absolute Gasteiger partial charge is 0.458 e. The normalized spacial score (nSPS) is 17.8. The molecule has 0 atom stereocenters. The van der Waals surface area contributed by atoms with Crippen LogP contribution in [-0.2, 0) is 0 Å². The highest BCUT2D eigenvalue weighted by Gasteiger charge is 2.54. The van der Waals surface area contributed by atoms with E-state index in [1.54, 1.807) is 0 Å². The zero-order valence-electron chi connectivity index (χ0n) is 24.0. The van der Waals surface area contributed by atoms with E-state index in [1.807, 2.05) is 0 Å². The summed E-state index contributed by atoms with van der Waals surface area (Å²) in [5, 5.41) is 6.05. The molecule has 0 fully saturated rings. The Bertz CT molecular complexity index is 1940. The van der Waals surface area contributed by atoms with Gasteiger partial charge in [0, 0.05) is 34.1 Å². The van der Waals surface area contributed by atoms with Crippen molar-refractivity contribution in [2.24, 2.45) is 0 Å². The Hall–Kier alpha value is -4.00. The summed E-state index contributed by atoms with van der Waals surface area (Å²) in [6, 6.07) is 32.5. The van der Waals surface area contributed by atoms with Crippen LogP contribution in [0.5, 0.6) is 11.5 Å². The molecule has 0 N–H and O–H groups in total. The number of hydrogen-bond donors (Lipinski definition) is 0. The number of rotatable bonds is 0. The minimum atomic E-state index is -1.95. The van der Waals surface area contributed by atoms with Gasteiger partial charge in [-0.05, 0) is 86.0 Å². The summed E-state index contributed by atoms with van der Waals surface area (Å²) < 4.78 is 6.91. The molecule has 0 spiro atoms. The Kier molecular flexibility index (Phi) is 3.81. The van der Waals surface area contributed by atoms with E-state index in [1.165, 1.54) is 76.8 Å². The zero-order valence-corrected chi connectivity index (χ0v) is 26.0. The predicted molar refractivity (Wildman–Crippen MR) is 179 cm³/mol. The molecule has 3 nitrogen and oxygen atoms in total. The lowest BCUT2D eigenvalue weighted by atomic mass is 9.32. The molecule has 6 heteroatoms. The van der Waals surface area contributed by atoms with Crippen molar-refractivity contribution in [3.05, 3.63) is 90.5 Å². The van der Waals surface area contributed by atoms with Crippen LogP contribution in [-0.4, -0.2) is 22.9 Å². The molecule has 0 saturated heterocycles. The predicted octanol–water partition coefficient (Wildman–Crippen LogP) is 4.46. The Morgan fingerprint density at radius 2 is 1.00 bits per heavy atom. The first-order chi connectivity index (χ1) is 19.8. The highest BCUT2D eigenvalue weighted by atomic mass is 28.3. The molecule has 5 aliphatic rings. The van der Waals surface area contributed by atoms with Gasteiger partial charge in [-0.1, -0.05) is 74.7 Å². The number of hydrogen-bond acceptors (Lipinski definition) is 3. The quantitative estimate of drug-likeness (QED) is 0.255. The van der Waals surface area contributed by atoms with Gasteiger partial charge in [-0.2, -0.15) is 0 Å². The summed E-state index contributed by atoms with van der Waals surface area (Å²) in [6.45, 7) is 12.5. The van der Waals surface area contributed by atoms with E-state index >= 15 is 0 Å². The van der Waals surface area contributed by atoms with Crippen molar-refractivity contribution in [1.82, 2.24) is 0 Å². The van der Waals surface area contributed by atoms with E-state index in [2.05, 4.69) is 128 Å². The smallest absolute Gasteiger partial charge is 0.261 e. The molecule has 5 heterocycles. The standard InChI is InChI=1S/C35H29BN2OSi2/c1-20-18-23-31-24(19-20)38-22-11-7-9-13-28(22)41(4,5)30-17-15-26-33(35(30)38)36(31)32-25(39-26)14-16-29-34(32)37(23)21-10-6-8-12-27(21)40(29,2)3/h6-19H,1-5H3. The van der Waals surface area contributed by atoms with Gasteiger partial charge >= 0.3 is 0 Å². The Morgan fingerprint density at radius 1 is 0.537 bits per heavy atom. The van der Waals surface area contributed by atoms with E-state index < -0.39 is 16.1 Å². The molecular weight excluding hydrogens is 531 g/mol. The molecule has 0 saturated carbocycles. The summed E-state index contributed by atoms with van der Waals surface area (Å²) in [4.78, 5) is 5.20. The van der Waals surface area contributed by atoms with Gasteiger partial charge in [-0.3, -0.25) is 0 Å². The number of benzene rings is 5. The van der Waals surface area contributed by atoms with Gasteiger partial charge in [0.25, 0.3) is 6.71 Å². The first kappa shape index (κ1) is 22.7. The second-order valence-corrected chi connectivity index (χ2v) is 22.1. The van der Waals surface area contributed by atoms with Crippen LogP contribution in [0.4, 0.5) is 34.1 Å². The number of fused-ring (bicyclic) bond motifs is 6. The highest BCUT2D eigenvalue weighted by molar-refractivity contribution is 7.08.